The maximum atomic E-state index is 12.6. The van der Waals surface area contributed by atoms with Crippen LogP contribution in [0, 0.1) is 17.2 Å². The minimum Gasteiger partial charge on any atom is -0.493 e. The van der Waals surface area contributed by atoms with Crippen LogP contribution in [0.3, 0.4) is 0 Å². The predicted octanol–water partition coefficient (Wildman–Crippen LogP) is 4.71. The molecule has 3 rings (SSSR count). The van der Waals surface area contributed by atoms with E-state index in [0.29, 0.717) is 39.5 Å². The third-order valence-corrected chi connectivity index (χ3v) is 5.78. The second kappa shape index (κ2) is 13.8. The summed E-state index contributed by atoms with van der Waals surface area (Å²) in [5.74, 6) is 1.29. The molecule has 0 atom stereocenters. The predicted molar refractivity (Wildman–Crippen MR) is 145 cm³/mol. The van der Waals surface area contributed by atoms with E-state index in [1.165, 1.54) is 31.4 Å². The minimum absolute atomic E-state index is 0.0840. The molecular formula is C27H29N5O5S. The number of ether oxygens (including phenoxy) is 3. The Bertz CT molecular complexity index is 1330. The van der Waals surface area contributed by atoms with Crippen molar-refractivity contribution in [1.29, 1.82) is 5.26 Å². The molecule has 0 aliphatic heterocycles. The van der Waals surface area contributed by atoms with Gasteiger partial charge in [0, 0.05) is 19.0 Å². The van der Waals surface area contributed by atoms with Gasteiger partial charge in [-0.1, -0.05) is 31.3 Å². The lowest BCUT2D eigenvalue weighted by Gasteiger charge is -2.12. The van der Waals surface area contributed by atoms with Crippen LogP contribution in [-0.4, -0.2) is 42.3 Å². The Balaban J connectivity index is 1.57. The number of anilines is 2. The number of carbonyl (C=O) groups excluding carboxylic acids is 2. The molecular weight excluding hydrogens is 506 g/mol. The molecule has 0 radical (unpaired) electrons. The van der Waals surface area contributed by atoms with Gasteiger partial charge in [0.2, 0.25) is 11.0 Å². The van der Waals surface area contributed by atoms with E-state index in [9.17, 15) is 14.9 Å². The zero-order valence-electron chi connectivity index (χ0n) is 21.6. The fourth-order valence-electron chi connectivity index (χ4n) is 3.26. The third kappa shape index (κ3) is 8.60. The molecule has 2 aromatic carbocycles. The van der Waals surface area contributed by atoms with Crippen LogP contribution in [0.5, 0.6) is 17.2 Å². The van der Waals surface area contributed by atoms with Crippen molar-refractivity contribution in [2.45, 2.75) is 27.2 Å². The number of benzene rings is 2. The summed E-state index contributed by atoms with van der Waals surface area (Å²) >= 11 is 1.29. The Kier molecular flexibility index (Phi) is 10.2. The van der Waals surface area contributed by atoms with Crippen molar-refractivity contribution in [2.75, 3.05) is 31.0 Å². The second-order valence-corrected chi connectivity index (χ2v) is 9.60. The van der Waals surface area contributed by atoms with E-state index >= 15 is 0 Å². The molecule has 0 saturated heterocycles. The highest BCUT2D eigenvalue weighted by molar-refractivity contribution is 7.15. The first kappa shape index (κ1) is 28.1. The molecule has 0 saturated carbocycles. The second-order valence-electron chi connectivity index (χ2n) is 8.54. The van der Waals surface area contributed by atoms with Gasteiger partial charge in [0.1, 0.15) is 35.6 Å². The van der Waals surface area contributed by atoms with E-state index in [0.717, 1.165) is 11.4 Å². The zero-order valence-corrected chi connectivity index (χ0v) is 22.4. The normalized spacial score (nSPS) is 11.0. The van der Waals surface area contributed by atoms with Gasteiger partial charge in [-0.2, -0.15) is 5.26 Å². The summed E-state index contributed by atoms with van der Waals surface area (Å²) in [5.41, 5.74) is 1.20. The van der Waals surface area contributed by atoms with Crippen LogP contribution in [0.4, 0.5) is 10.8 Å². The van der Waals surface area contributed by atoms with Gasteiger partial charge in [0.25, 0.3) is 5.91 Å². The maximum absolute atomic E-state index is 12.6. The summed E-state index contributed by atoms with van der Waals surface area (Å²) < 4.78 is 16.9. The Labute approximate surface area is 225 Å². The van der Waals surface area contributed by atoms with Gasteiger partial charge in [-0.3, -0.25) is 14.9 Å². The van der Waals surface area contributed by atoms with Crippen molar-refractivity contribution >= 4 is 40.0 Å². The molecule has 0 bridgehead atoms. The van der Waals surface area contributed by atoms with Crippen molar-refractivity contribution in [2.24, 2.45) is 5.92 Å². The summed E-state index contributed by atoms with van der Waals surface area (Å²) in [5, 5.41) is 24.1. The first-order valence-corrected chi connectivity index (χ1v) is 12.7. The molecule has 11 heteroatoms. The van der Waals surface area contributed by atoms with Gasteiger partial charge in [-0.25, -0.2) is 0 Å². The third-order valence-electron chi connectivity index (χ3n) is 4.92. The lowest BCUT2D eigenvalue weighted by atomic mass is 10.1. The van der Waals surface area contributed by atoms with Crippen LogP contribution < -0.4 is 24.8 Å². The maximum Gasteiger partial charge on any atom is 0.268 e. The average Bonchev–Trinajstić information content (AvgIpc) is 3.31. The number of methoxy groups -OCH3 is 1. The molecule has 2 N–H and O–H groups in total. The fraction of sp³-hybridized carbons (Fsp3) is 0.296. The minimum atomic E-state index is -0.568. The van der Waals surface area contributed by atoms with Gasteiger partial charge in [0.15, 0.2) is 11.5 Å². The van der Waals surface area contributed by atoms with Crippen molar-refractivity contribution in [3.05, 3.63) is 58.6 Å². The lowest BCUT2D eigenvalue weighted by Crippen LogP contribution is -2.13. The van der Waals surface area contributed by atoms with E-state index in [-0.39, 0.29) is 24.7 Å². The molecule has 2 amide bonds. The Morgan fingerprint density at radius 1 is 1.05 bits per heavy atom. The number of nitrogens with zero attached hydrogens (tertiary/aromatic N) is 3. The number of amides is 2. The van der Waals surface area contributed by atoms with Gasteiger partial charge in [-0.05, 0) is 54.0 Å². The Morgan fingerprint density at radius 3 is 2.45 bits per heavy atom. The number of aromatic nitrogens is 2. The number of nitriles is 1. The van der Waals surface area contributed by atoms with Crippen molar-refractivity contribution < 1.29 is 23.8 Å². The van der Waals surface area contributed by atoms with Crippen LogP contribution in [-0.2, 0) is 16.0 Å². The van der Waals surface area contributed by atoms with Gasteiger partial charge < -0.3 is 19.5 Å². The van der Waals surface area contributed by atoms with Crippen LogP contribution >= 0.6 is 11.3 Å². The molecule has 0 unspecified atom stereocenters. The molecule has 0 fully saturated rings. The monoisotopic (exact) mass is 535 g/mol. The standard InChI is InChI=1S/C27H29N5O5S/c1-17(2)13-25-31-32-27(38-25)30-26(34)20(16-28)14-19-5-10-23(24(15-19)35-4)37-12-11-36-22-8-6-21(7-9-22)29-18(3)33/h5-10,14-15,17H,11-13H2,1-4H3,(H,29,33)(H,30,32,34)/b20-14-. The molecule has 10 nitrogen and oxygen atoms in total. The van der Waals surface area contributed by atoms with E-state index in [1.54, 1.807) is 42.5 Å². The first-order chi connectivity index (χ1) is 18.3. The number of rotatable bonds is 12. The molecule has 38 heavy (non-hydrogen) atoms. The summed E-state index contributed by atoms with van der Waals surface area (Å²) in [6, 6.07) is 14.0. The summed E-state index contributed by atoms with van der Waals surface area (Å²) in [6.07, 6.45) is 2.23. The number of hydrogen-bond acceptors (Lipinski definition) is 9. The Morgan fingerprint density at radius 2 is 1.79 bits per heavy atom. The van der Waals surface area contributed by atoms with E-state index in [2.05, 4.69) is 34.7 Å². The smallest absolute Gasteiger partial charge is 0.268 e. The molecule has 1 heterocycles. The van der Waals surface area contributed by atoms with Crippen LogP contribution in [0.1, 0.15) is 31.3 Å². The molecule has 0 aliphatic carbocycles. The van der Waals surface area contributed by atoms with Crippen molar-refractivity contribution in [3.63, 3.8) is 0 Å². The highest BCUT2D eigenvalue weighted by Gasteiger charge is 2.14. The Hall–Kier alpha value is -4.43. The van der Waals surface area contributed by atoms with E-state index < -0.39 is 5.91 Å². The quantitative estimate of drug-likeness (QED) is 0.193. The van der Waals surface area contributed by atoms with Crippen LogP contribution in [0.2, 0.25) is 0 Å². The molecule has 1 aromatic heterocycles. The topological polar surface area (TPSA) is 135 Å². The summed E-state index contributed by atoms with van der Waals surface area (Å²) in [4.78, 5) is 23.7. The molecule has 3 aromatic rings. The van der Waals surface area contributed by atoms with Gasteiger partial charge in [-0.15, -0.1) is 10.2 Å². The number of nitrogens with one attached hydrogen (secondary N) is 2. The first-order valence-electron chi connectivity index (χ1n) is 11.8. The highest BCUT2D eigenvalue weighted by Crippen LogP contribution is 2.29. The highest BCUT2D eigenvalue weighted by atomic mass is 32.1. The SMILES string of the molecule is COc1cc(/C=C(/C#N)C(=O)Nc2nnc(CC(C)C)s2)ccc1OCCOc1ccc(NC(C)=O)cc1. The number of hydrogen-bond donors (Lipinski definition) is 2. The fourth-order valence-corrected chi connectivity index (χ4v) is 4.20. The van der Waals surface area contributed by atoms with Crippen LogP contribution in [0.25, 0.3) is 6.08 Å². The largest absolute Gasteiger partial charge is 0.493 e. The molecule has 198 valence electrons. The van der Waals surface area contributed by atoms with Gasteiger partial charge >= 0.3 is 0 Å². The molecule has 0 aliphatic rings. The van der Waals surface area contributed by atoms with E-state index in [1.807, 2.05) is 6.07 Å². The van der Waals surface area contributed by atoms with Crippen molar-refractivity contribution in [1.82, 2.24) is 10.2 Å². The summed E-state index contributed by atoms with van der Waals surface area (Å²) in [7, 11) is 1.50. The zero-order chi connectivity index (χ0) is 27.5. The van der Waals surface area contributed by atoms with Crippen molar-refractivity contribution in [3.8, 4) is 23.3 Å². The summed E-state index contributed by atoms with van der Waals surface area (Å²) in [6.45, 7) is 6.14. The van der Waals surface area contributed by atoms with E-state index in [4.69, 9.17) is 14.2 Å². The van der Waals surface area contributed by atoms with Gasteiger partial charge in [0.05, 0.1) is 7.11 Å². The average molecular weight is 536 g/mol. The molecule has 0 spiro atoms. The lowest BCUT2D eigenvalue weighted by molar-refractivity contribution is -0.114. The van der Waals surface area contributed by atoms with Crippen LogP contribution in [0.15, 0.2) is 48.0 Å². The number of carbonyl (C=O) groups is 2.